The van der Waals surface area contributed by atoms with Crippen molar-refractivity contribution in [1.82, 2.24) is 9.80 Å². The zero-order valence-electron chi connectivity index (χ0n) is 16.1. The second-order valence-electron chi connectivity index (χ2n) is 6.63. The predicted molar refractivity (Wildman–Crippen MR) is 119 cm³/mol. The highest BCUT2D eigenvalue weighted by Gasteiger charge is 2.21. The number of likely N-dealkylation sites (N-methyl/N-ethyl adjacent to an activating group) is 1. The molecule has 3 rings (SSSR count). The van der Waals surface area contributed by atoms with Crippen molar-refractivity contribution in [3.63, 3.8) is 0 Å². The van der Waals surface area contributed by atoms with Crippen LogP contribution >= 0.6 is 35.4 Å². The molecule has 0 amide bonds. The first-order valence-electron chi connectivity index (χ1n) is 9.28. The lowest BCUT2D eigenvalue weighted by atomic mass is 10.1. The molecule has 1 heterocycles. The molecule has 150 valence electrons. The third kappa shape index (κ3) is 5.09. The van der Waals surface area contributed by atoms with Crippen LogP contribution in [0.1, 0.15) is 18.1 Å². The zero-order valence-corrected chi connectivity index (χ0v) is 18.4. The molecule has 2 aromatic rings. The summed E-state index contributed by atoms with van der Waals surface area (Å²) in [6.07, 6.45) is 0. The number of piperazine rings is 1. The lowest BCUT2D eigenvalue weighted by Gasteiger charge is -2.35. The lowest BCUT2D eigenvalue weighted by molar-refractivity contribution is 0.192. The van der Waals surface area contributed by atoms with Gasteiger partial charge in [0.1, 0.15) is 11.6 Å². The summed E-state index contributed by atoms with van der Waals surface area (Å²) >= 11 is 18.2. The third-order valence-corrected chi connectivity index (χ3v) is 5.91. The highest BCUT2D eigenvalue weighted by atomic mass is 35.5. The Morgan fingerprint density at radius 1 is 1.07 bits per heavy atom. The van der Waals surface area contributed by atoms with E-state index in [9.17, 15) is 0 Å². The average Bonchev–Trinajstić information content (AvgIpc) is 2.73. The van der Waals surface area contributed by atoms with E-state index in [-0.39, 0.29) is 0 Å². The minimum absolute atomic E-state index is 0.371. The van der Waals surface area contributed by atoms with E-state index in [0.29, 0.717) is 28.2 Å². The average molecular weight is 439 g/mol. The van der Waals surface area contributed by atoms with Crippen molar-refractivity contribution in [3.8, 4) is 11.5 Å². The molecule has 0 N–H and O–H groups in total. The van der Waals surface area contributed by atoms with Gasteiger partial charge >= 0.3 is 0 Å². The van der Waals surface area contributed by atoms with E-state index in [1.54, 1.807) is 7.11 Å². The number of thiocarbonyl (C=S) groups is 1. The molecule has 0 atom stereocenters. The van der Waals surface area contributed by atoms with Gasteiger partial charge in [0.2, 0.25) is 0 Å². The molecule has 7 heteroatoms. The van der Waals surface area contributed by atoms with Crippen molar-refractivity contribution in [2.75, 3.05) is 39.8 Å². The Labute approximate surface area is 181 Å². The minimum Gasteiger partial charge on any atom is -0.493 e. The first-order chi connectivity index (χ1) is 13.5. The summed E-state index contributed by atoms with van der Waals surface area (Å²) in [5.41, 5.74) is 1.87. The number of hydrogen-bond donors (Lipinski definition) is 0. The Kier molecular flexibility index (Phi) is 7.41. The molecule has 1 fully saturated rings. The highest BCUT2D eigenvalue weighted by molar-refractivity contribution is 7.80. The fraction of sp³-hybridized carbons (Fsp3) is 0.381. The quantitative estimate of drug-likeness (QED) is 0.597. The van der Waals surface area contributed by atoms with Gasteiger partial charge in [-0.25, -0.2) is 0 Å². The maximum atomic E-state index is 6.52. The maximum Gasteiger partial charge on any atom is 0.180 e. The van der Waals surface area contributed by atoms with Gasteiger partial charge in [0.25, 0.3) is 0 Å². The molecule has 0 radical (unpaired) electrons. The lowest BCUT2D eigenvalue weighted by Crippen LogP contribution is -2.48. The van der Waals surface area contributed by atoms with Gasteiger partial charge in [0.15, 0.2) is 11.5 Å². The van der Waals surface area contributed by atoms with Crippen LogP contribution in [-0.4, -0.2) is 54.6 Å². The third-order valence-electron chi connectivity index (χ3n) is 4.88. The van der Waals surface area contributed by atoms with Crippen molar-refractivity contribution in [1.29, 1.82) is 0 Å². The number of methoxy groups -OCH3 is 1. The second-order valence-corrected chi connectivity index (χ2v) is 7.86. The Balaban J connectivity index is 1.73. The SMILES string of the molecule is CCN1CCN(C(=S)c2cc(Cl)c(OCc3ccc(Cl)cc3)c(OC)c2)CC1. The van der Waals surface area contributed by atoms with E-state index in [0.717, 1.165) is 48.8 Å². The smallest absolute Gasteiger partial charge is 0.180 e. The Bertz CT molecular complexity index is 822. The molecule has 0 unspecified atom stereocenters. The van der Waals surface area contributed by atoms with E-state index in [1.807, 2.05) is 36.4 Å². The van der Waals surface area contributed by atoms with Gasteiger partial charge < -0.3 is 19.3 Å². The van der Waals surface area contributed by atoms with Crippen molar-refractivity contribution >= 4 is 40.4 Å². The standard InChI is InChI=1S/C21H24Cl2N2O2S/c1-3-24-8-10-25(11-9-24)21(28)16-12-18(23)20(19(13-16)26-2)27-14-15-4-6-17(22)7-5-15/h4-7,12-13H,3,8-11,14H2,1-2H3. The van der Waals surface area contributed by atoms with Crippen molar-refractivity contribution in [2.24, 2.45) is 0 Å². The summed E-state index contributed by atoms with van der Waals surface area (Å²) in [5, 5.41) is 1.18. The fourth-order valence-corrected chi connectivity index (χ4v) is 3.86. The van der Waals surface area contributed by atoms with Crippen LogP contribution < -0.4 is 9.47 Å². The van der Waals surface area contributed by atoms with Gasteiger partial charge in [-0.05, 0) is 36.4 Å². The monoisotopic (exact) mass is 438 g/mol. The van der Waals surface area contributed by atoms with Crippen LogP contribution in [0.3, 0.4) is 0 Å². The van der Waals surface area contributed by atoms with E-state index < -0.39 is 0 Å². The molecule has 28 heavy (non-hydrogen) atoms. The van der Waals surface area contributed by atoms with Gasteiger partial charge in [0.05, 0.1) is 12.1 Å². The minimum atomic E-state index is 0.371. The van der Waals surface area contributed by atoms with Gasteiger partial charge in [-0.3, -0.25) is 0 Å². The van der Waals surface area contributed by atoms with Gasteiger partial charge in [-0.15, -0.1) is 0 Å². The number of rotatable bonds is 6. The van der Waals surface area contributed by atoms with E-state index >= 15 is 0 Å². The summed E-state index contributed by atoms with van der Waals surface area (Å²) in [6.45, 7) is 7.49. The Morgan fingerprint density at radius 2 is 1.75 bits per heavy atom. The van der Waals surface area contributed by atoms with Gasteiger partial charge in [-0.1, -0.05) is 54.5 Å². The first kappa shape index (κ1) is 21.2. The number of hydrogen-bond acceptors (Lipinski definition) is 4. The first-order valence-corrected chi connectivity index (χ1v) is 10.4. The van der Waals surface area contributed by atoms with E-state index in [4.69, 9.17) is 44.9 Å². The maximum absolute atomic E-state index is 6.52. The second kappa shape index (κ2) is 9.79. The normalized spacial score (nSPS) is 14.8. The van der Waals surface area contributed by atoms with Crippen molar-refractivity contribution < 1.29 is 9.47 Å². The molecule has 0 aromatic heterocycles. The molecule has 0 spiro atoms. The van der Waals surface area contributed by atoms with E-state index in [2.05, 4.69) is 16.7 Å². The van der Waals surface area contributed by atoms with Crippen molar-refractivity contribution in [3.05, 3.63) is 57.6 Å². The van der Waals surface area contributed by atoms with E-state index in [1.165, 1.54) is 0 Å². The van der Waals surface area contributed by atoms with Crippen LogP contribution in [0, 0.1) is 0 Å². The number of benzene rings is 2. The summed E-state index contributed by atoms with van der Waals surface area (Å²) < 4.78 is 11.5. The zero-order chi connectivity index (χ0) is 20.1. The molecule has 0 aliphatic carbocycles. The van der Waals surface area contributed by atoms with Crippen LogP contribution in [0.4, 0.5) is 0 Å². The topological polar surface area (TPSA) is 24.9 Å². The molecule has 1 saturated heterocycles. The summed E-state index contributed by atoms with van der Waals surface area (Å²) in [6, 6.07) is 11.3. The molecule has 1 aliphatic rings. The summed E-state index contributed by atoms with van der Waals surface area (Å²) in [5.74, 6) is 1.09. The highest BCUT2D eigenvalue weighted by Crippen LogP contribution is 2.37. The molecule has 1 aliphatic heterocycles. The summed E-state index contributed by atoms with van der Waals surface area (Å²) in [7, 11) is 1.60. The van der Waals surface area contributed by atoms with Crippen molar-refractivity contribution in [2.45, 2.75) is 13.5 Å². The Morgan fingerprint density at radius 3 is 2.36 bits per heavy atom. The molecule has 0 bridgehead atoms. The fourth-order valence-electron chi connectivity index (χ4n) is 3.17. The molecule has 0 saturated carbocycles. The van der Waals surface area contributed by atoms with Crippen LogP contribution in [-0.2, 0) is 6.61 Å². The largest absolute Gasteiger partial charge is 0.493 e. The molecular formula is C21H24Cl2N2O2S. The number of ether oxygens (including phenoxy) is 2. The van der Waals surface area contributed by atoms with Crippen LogP contribution in [0.15, 0.2) is 36.4 Å². The Hall–Kier alpha value is -1.53. The molecule has 2 aromatic carbocycles. The van der Waals surface area contributed by atoms with Gasteiger partial charge in [-0.2, -0.15) is 0 Å². The number of nitrogens with zero attached hydrogens (tertiary/aromatic N) is 2. The predicted octanol–water partition coefficient (Wildman–Crippen LogP) is 4.89. The van der Waals surface area contributed by atoms with Crippen LogP contribution in [0.5, 0.6) is 11.5 Å². The molecule has 4 nitrogen and oxygen atoms in total. The molecular weight excluding hydrogens is 415 g/mol. The van der Waals surface area contributed by atoms with Crippen LogP contribution in [0.2, 0.25) is 10.0 Å². The summed E-state index contributed by atoms with van der Waals surface area (Å²) in [4.78, 5) is 5.43. The van der Waals surface area contributed by atoms with Crippen LogP contribution in [0.25, 0.3) is 0 Å². The number of halogens is 2. The van der Waals surface area contributed by atoms with Gasteiger partial charge in [0, 0.05) is 36.8 Å².